The molecule has 10 heteroatoms. The maximum Gasteiger partial charge on any atom is 0.410 e. The normalized spacial score (nSPS) is 25.3. The molecule has 3 aliphatic heterocycles. The molecule has 5 atom stereocenters. The number of halogens is 2. The molecular weight excluding hydrogens is 565 g/mol. The van der Waals surface area contributed by atoms with Crippen molar-refractivity contribution in [1.82, 2.24) is 14.8 Å². The zero-order valence-electron chi connectivity index (χ0n) is 23.3. The molecule has 2 aromatic rings. The van der Waals surface area contributed by atoms with E-state index in [1.165, 1.54) is 0 Å². The topological polar surface area (TPSA) is 90.7 Å². The fourth-order valence-corrected chi connectivity index (χ4v) is 6.72. The van der Waals surface area contributed by atoms with Gasteiger partial charge in [0.15, 0.2) is 5.82 Å². The van der Waals surface area contributed by atoms with Gasteiger partial charge in [-0.15, -0.1) is 0 Å². The first-order valence-corrected chi connectivity index (χ1v) is 14.6. The van der Waals surface area contributed by atoms with E-state index in [0.29, 0.717) is 34.3 Å². The van der Waals surface area contributed by atoms with Crippen molar-refractivity contribution in [2.24, 2.45) is 5.92 Å². The van der Waals surface area contributed by atoms with Crippen molar-refractivity contribution in [3.63, 3.8) is 0 Å². The maximum absolute atomic E-state index is 15.7. The number of ether oxygens (including phenoxy) is 2. The van der Waals surface area contributed by atoms with Gasteiger partial charge in [0.25, 0.3) is 0 Å². The largest absolute Gasteiger partial charge is 0.473 e. The number of nitriles is 1. The number of carbonyl (C=O) groups excluding carboxylic acids is 1. The maximum atomic E-state index is 15.7. The lowest BCUT2D eigenvalue weighted by Crippen LogP contribution is -2.50. The molecule has 1 amide bonds. The molecule has 3 unspecified atom stereocenters. The second-order valence-corrected chi connectivity index (χ2v) is 12.9. The van der Waals surface area contributed by atoms with E-state index in [-0.39, 0.29) is 48.2 Å². The standard InChI is InChI=1S/C29H37BrFN5O3/c1-16(21-9-7-11-35(21)5)38-23-14-20(19-12-17(8-6-10-32)24(30)25(31)27(19)34-23)33-26-18-13-22(26)36(15-18)28(37)39-29(2,3)4/h12,14,16,18,21-22,26H,6-9,11,13,15H2,1-5H3,(H,33,34)/t16-,18?,21-,22?,26?/m0/s1. The van der Waals surface area contributed by atoms with Crippen molar-refractivity contribution in [1.29, 1.82) is 5.26 Å². The minimum Gasteiger partial charge on any atom is -0.473 e. The van der Waals surface area contributed by atoms with Crippen molar-refractivity contribution >= 4 is 38.6 Å². The summed E-state index contributed by atoms with van der Waals surface area (Å²) < 4.78 is 28.0. The van der Waals surface area contributed by atoms with Crippen LogP contribution in [0.5, 0.6) is 5.88 Å². The van der Waals surface area contributed by atoms with Crippen LogP contribution in [0.1, 0.15) is 58.9 Å². The molecule has 6 rings (SSSR count). The van der Waals surface area contributed by atoms with Gasteiger partial charge in [-0.25, -0.2) is 14.2 Å². The van der Waals surface area contributed by atoms with E-state index in [1.807, 2.05) is 44.7 Å². The monoisotopic (exact) mass is 601 g/mol. The van der Waals surface area contributed by atoms with Crippen LogP contribution in [0.25, 0.3) is 10.9 Å². The predicted octanol–water partition coefficient (Wildman–Crippen LogP) is 5.87. The summed E-state index contributed by atoms with van der Waals surface area (Å²) in [5.41, 5.74) is 1.09. The van der Waals surface area contributed by atoms with Crippen LogP contribution < -0.4 is 10.1 Å². The third-order valence-electron chi connectivity index (χ3n) is 8.22. The number of amides is 1. The molecule has 1 aliphatic carbocycles. The van der Waals surface area contributed by atoms with Crippen molar-refractivity contribution in [2.45, 2.75) is 89.6 Å². The quantitative estimate of drug-likeness (QED) is 0.424. The Morgan fingerprint density at radius 1 is 1.38 bits per heavy atom. The van der Waals surface area contributed by atoms with Gasteiger partial charge in [0, 0.05) is 42.1 Å². The third-order valence-corrected chi connectivity index (χ3v) is 9.07. The molecule has 0 radical (unpaired) electrons. The molecule has 3 saturated heterocycles. The Labute approximate surface area is 237 Å². The Kier molecular flexibility index (Phi) is 7.68. The number of hydrogen-bond acceptors (Lipinski definition) is 7. The van der Waals surface area contributed by atoms with Crippen LogP contribution >= 0.6 is 15.9 Å². The summed E-state index contributed by atoms with van der Waals surface area (Å²) in [6.45, 7) is 9.30. The van der Waals surface area contributed by atoms with Crippen LogP contribution in [0, 0.1) is 23.1 Å². The van der Waals surface area contributed by atoms with Crippen LogP contribution in [0.2, 0.25) is 0 Å². The number of nitrogens with zero attached hydrogens (tertiary/aromatic N) is 4. The van der Waals surface area contributed by atoms with E-state index in [4.69, 9.17) is 14.7 Å². The molecule has 1 N–H and O–H groups in total. The molecule has 4 aliphatic rings. The molecule has 4 fully saturated rings. The van der Waals surface area contributed by atoms with Gasteiger partial charge in [-0.1, -0.05) is 0 Å². The zero-order chi connectivity index (χ0) is 28.1. The van der Waals surface area contributed by atoms with Gasteiger partial charge in [-0.3, -0.25) is 4.90 Å². The Balaban J connectivity index is 1.47. The average molecular weight is 603 g/mol. The number of likely N-dealkylation sites (N-methyl/N-ethyl adjacent to an activating group) is 1. The zero-order valence-corrected chi connectivity index (χ0v) is 24.8. The van der Waals surface area contributed by atoms with Gasteiger partial charge in [-0.2, -0.15) is 5.26 Å². The number of fused-ring (bicyclic) bond motifs is 2. The number of hydrogen-bond donors (Lipinski definition) is 1. The average Bonchev–Trinajstić information content (AvgIpc) is 3.58. The summed E-state index contributed by atoms with van der Waals surface area (Å²) in [5.74, 6) is 0.176. The molecular formula is C29H37BrFN5O3. The van der Waals surface area contributed by atoms with Gasteiger partial charge in [-0.05, 0) is 94.5 Å². The molecule has 4 heterocycles. The first-order valence-electron chi connectivity index (χ1n) is 13.8. The van der Waals surface area contributed by atoms with Crippen molar-refractivity contribution in [3.8, 4) is 11.9 Å². The highest BCUT2D eigenvalue weighted by molar-refractivity contribution is 9.10. The fraction of sp³-hybridized carbons (Fsp3) is 0.621. The summed E-state index contributed by atoms with van der Waals surface area (Å²) in [7, 11) is 2.10. The van der Waals surface area contributed by atoms with E-state index < -0.39 is 11.4 Å². The van der Waals surface area contributed by atoms with Gasteiger partial charge < -0.3 is 19.7 Å². The lowest BCUT2D eigenvalue weighted by atomic mass is 9.80. The Morgan fingerprint density at radius 3 is 2.82 bits per heavy atom. The number of likely N-dealkylation sites (tertiary alicyclic amines) is 1. The van der Waals surface area contributed by atoms with Gasteiger partial charge in [0.05, 0.1) is 22.6 Å². The minimum absolute atomic E-state index is 0.00171. The molecule has 2 bridgehead atoms. The smallest absolute Gasteiger partial charge is 0.410 e. The predicted molar refractivity (Wildman–Crippen MR) is 151 cm³/mol. The van der Waals surface area contributed by atoms with Crippen LogP contribution in [-0.2, 0) is 11.2 Å². The summed E-state index contributed by atoms with van der Waals surface area (Å²) in [6.07, 6.45) is 3.37. The van der Waals surface area contributed by atoms with Gasteiger partial charge in [0.2, 0.25) is 5.88 Å². The Bertz CT molecular complexity index is 1310. The van der Waals surface area contributed by atoms with E-state index in [9.17, 15) is 4.79 Å². The lowest BCUT2D eigenvalue weighted by Gasteiger charge is -2.38. The van der Waals surface area contributed by atoms with Crippen molar-refractivity contribution in [2.75, 3.05) is 25.5 Å². The van der Waals surface area contributed by atoms with Crippen LogP contribution in [0.3, 0.4) is 0 Å². The number of aryl methyl sites for hydroxylation is 1. The Hall–Kier alpha value is -2.64. The minimum atomic E-state index is -0.560. The molecule has 210 valence electrons. The highest BCUT2D eigenvalue weighted by Crippen LogP contribution is 2.45. The van der Waals surface area contributed by atoms with E-state index in [0.717, 1.165) is 31.5 Å². The van der Waals surface area contributed by atoms with E-state index in [2.05, 4.69) is 44.2 Å². The molecule has 39 heavy (non-hydrogen) atoms. The summed E-state index contributed by atoms with van der Waals surface area (Å²) in [6, 6.07) is 6.19. The number of rotatable bonds is 7. The van der Waals surface area contributed by atoms with Gasteiger partial charge in [0.1, 0.15) is 17.2 Å². The summed E-state index contributed by atoms with van der Waals surface area (Å²) >= 11 is 3.40. The van der Waals surface area contributed by atoms with Crippen molar-refractivity contribution in [3.05, 3.63) is 28.0 Å². The first kappa shape index (κ1) is 27.9. The van der Waals surface area contributed by atoms with Crippen LogP contribution in [0.4, 0.5) is 14.9 Å². The first-order chi connectivity index (χ1) is 18.5. The number of aromatic nitrogens is 1. The second-order valence-electron chi connectivity index (χ2n) is 12.1. The number of anilines is 1. The fourth-order valence-electron chi connectivity index (χ4n) is 6.22. The summed E-state index contributed by atoms with van der Waals surface area (Å²) in [5, 5.41) is 13.4. The number of pyridine rings is 1. The SMILES string of the molecule is C[C@H](Oc1cc(NC2C3CC2N(C(=O)OC(C)(C)C)C3)c2cc(CCC#N)c(Br)c(F)c2n1)[C@@H]1CCCN1C. The molecule has 1 aromatic heterocycles. The van der Waals surface area contributed by atoms with E-state index >= 15 is 4.39 Å². The number of carbonyl (C=O) groups is 1. The highest BCUT2D eigenvalue weighted by atomic mass is 79.9. The second kappa shape index (κ2) is 10.7. The summed E-state index contributed by atoms with van der Waals surface area (Å²) in [4.78, 5) is 21.5. The van der Waals surface area contributed by atoms with Crippen LogP contribution in [-0.4, -0.2) is 70.8 Å². The molecule has 1 aromatic carbocycles. The van der Waals surface area contributed by atoms with Crippen LogP contribution in [0.15, 0.2) is 16.6 Å². The lowest BCUT2D eigenvalue weighted by molar-refractivity contribution is 0.0239. The molecule has 0 spiro atoms. The van der Waals surface area contributed by atoms with Crippen molar-refractivity contribution < 1.29 is 18.7 Å². The number of nitrogens with one attached hydrogen (secondary N) is 1. The number of benzene rings is 1. The Morgan fingerprint density at radius 2 is 2.15 bits per heavy atom. The third kappa shape index (κ3) is 5.53. The molecule has 1 saturated carbocycles. The molecule has 8 nitrogen and oxygen atoms in total. The van der Waals surface area contributed by atoms with Gasteiger partial charge >= 0.3 is 6.09 Å². The van der Waals surface area contributed by atoms with E-state index in [1.54, 1.807) is 0 Å². The highest BCUT2D eigenvalue weighted by Gasteiger charge is 2.54.